The number of benzene rings is 2. The van der Waals surface area contributed by atoms with E-state index in [9.17, 15) is 5.11 Å². The average Bonchev–Trinajstić information content (AvgIpc) is 3.42. The molecule has 1 saturated carbocycles. The van der Waals surface area contributed by atoms with E-state index in [1.165, 1.54) is 10.4 Å². The summed E-state index contributed by atoms with van der Waals surface area (Å²) in [5, 5.41) is 12.8. The number of aliphatic hydroxyl groups excluding tert-OH is 1. The topological polar surface area (TPSA) is 29.5 Å². The van der Waals surface area contributed by atoms with Gasteiger partial charge in [0.25, 0.3) is 8.32 Å². The van der Waals surface area contributed by atoms with E-state index in [1.54, 1.807) is 0 Å². The van der Waals surface area contributed by atoms with Crippen LogP contribution in [0.4, 0.5) is 0 Å². The Morgan fingerprint density at radius 3 is 1.92 bits per heavy atom. The minimum Gasteiger partial charge on any atom is -0.407 e. The van der Waals surface area contributed by atoms with E-state index in [0.717, 1.165) is 19.4 Å². The molecule has 2 aromatic carbocycles. The first-order valence-electron chi connectivity index (χ1n) is 9.83. The molecule has 2 nitrogen and oxygen atoms in total. The molecule has 1 aliphatic rings. The van der Waals surface area contributed by atoms with Crippen LogP contribution in [-0.2, 0) is 4.43 Å². The molecule has 0 aliphatic heterocycles. The summed E-state index contributed by atoms with van der Waals surface area (Å²) >= 11 is 0. The molecule has 26 heavy (non-hydrogen) atoms. The second kappa shape index (κ2) is 7.67. The summed E-state index contributed by atoms with van der Waals surface area (Å²) in [5.41, 5.74) is 0. The fourth-order valence-corrected chi connectivity index (χ4v) is 8.85. The lowest BCUT2D eigenvalue weighted by Crippen LogP contribution is -2.66. The highest BCUT2D eigenvalue weighted by atomic mass is 28.4. The Kier molecular flexibility index (Phi) is 5.71. The van der Waals surface area contributed by atoms with Crippen LogP contribution >= 0.6 is 0 Å². The van der Waals surface area contributed by atoms with Crippen molar-refractivity contribution in [2.45, 2.75) is 51.7 Å². The summed E-state index contributed by atoms with van der Waals surface area (Å²) in [7, 11) is -2.43. The van der Waals surface area contributed by atoms with Gasteiger partial charge in [-0.25, -0.2) is 0 Å². The van der Waals surface area contributed by atoms with Crippen LogP contribution in [0.2, 0.25) is 5.04 Å². The summed E-state index contributed by atoms with van der Waals surface area (Å²) in [6, 6.07) is 21.6. The normalized spacial score (nSPS) is 21.4. The Morgan fingerprint density at radius 1 is 1.00 bits per heavy atom. The van der Waals surface area contributed by atoms with Crippen molar-refractivity contribution in [2.75, 3.05) is 6.61 Å². The third-order valence-corrected chi connectivity index (χ3v) is 10.8. The quantitative estimate of drug-likeness (QED) is 0.749. The first-order valence-corrected chi connectivity index (χ1v) is 11.7. The molecule has 0 saturated heterocycles. The average molecular weight is 369 g/mol. The van der Waals surface area contributed by atoms with Crippen molar-refractivity contribution in [1.29, 1.82) is 0 Å². The summed E-state index contributed by atoms with van der Waals surface area (Å²) in [6.45, 7) is 9.73. The molecule has 1 fully saturated rings. The molecule has 0 unspecified atom stereocenters. The van der Waals surface area contributed by atoms with Crippen LogP contribution in [0.25, 0.3) is 0 Å². The van der Waals surface area contributed by atoms with Gasteiger partial charge in [-0.2, -0.15) is 0 Å². The van der Waals surface area contributed by atoms with Crippen molar-refractivity contribution in [2.24, 2.45) is 11.8 Å². The smallest absolute Gasteiger partial charge is 0.261 e. The Morgan fingerprint density at radius 2 is 1.50 bits per heavy atom. The van der Waals surface area contributed by atoms with Gasteiger partial charge in [0.15, 0.2) is 0 Å². The van der Waals surface area contributed by atoms with E-state index in [2.05, 4.69) is 88.4 Å². The molecule has 3 rings (SSSR count). The van der Waals surface area contributed by atoms with Crippen molar-refractivity contribution in [3.8, 4) is 0 Å². The summed E-state index contributed by atoms with van der Waals surface area (Å²) in [4.78, 5) is 0. The molecule has 1 N–H and O–H groups in total. The van der Waals surface area contributed by atoms with Gasteiger partial charge < -0.3 is 9.53 Å². The van der Waals surface area contributed by atoms with Gasteiger partial charge in [-0.15, -0.1) is 0 Å². The second-order valence-electron chi connectivity index (χ2n) is 8.61. The number of hydrogen-bond donors (Lipinski definition) is 1. The summed E-state index contributed by atoms with van der Waals surface area (Å²) < 4.78 is 6.94. The maximum atomic E-state index is 10.1. The van der Waals surface area contributed by atoms with Gasteiger partial charge in [-0.05, 0) is 40.1 Å². The van der Waals surface area contributed by atoms with Gasteiger partial charge in [0, 0.05) is 6.61 Å². The molecule has 1 aliphatic carbocycles. The second-order valence-corrected chi connectivity index (χ2v) is 12.9. The van der Waals surface area contributed by atoms with E-state index < -0.39 is 8.32 Å². The van der Waals surface area contributed by atoms with Gasteiger partial charge in [0.2, 0.25) is 0 Å². The maximum Gasteiger partial charge on any atom is 0.261 e. The van der Waals surface area contributed by atoms with Crippen LogP contribution in [-0.4, -0.2) is 26.1 Å². The zero-order valence-corrected chi connectivity index (χ0v) is 17.5. The van der Waals surface area contributed by atoms with Crippen molar-refractivity contribution >= 4 is 18.7 Å². The summed E-state index contributed by atoms with van der Waals surface area (Å²) in [5.74, 6) is 0.907. The lowest BCUT2D eigenvalue weighted by atomic mass is 10.1. The van der Waals surface area contributed by atoms with Crippen LogP contribution < -0.4 is 10.4 Å². The highest BCUT2D eigenvalue weighted by Crippen LogP contribution is 2.44. The van der Waals surface area contributed by atoms with Crippen LogP contribution in [0.1, 0.15) is 40.5 Å². The molecule has 0 amide bonds. The lowest BCUT2D eigenvalue weighted by molar-refractivity contribution is 0.133. The maximum absolute atomic E-state index is 10.1. The predicted octanol–water partition coefficient (Wildman–Crippen LogP) is 3.97. The van der Waals surface area contributed by atoms with E-state index in [4.69, 9.17) is 4.43 Å². The number of rotatable bonds is 7. The Hall–Kier alpha value is -1.42. The van der Waals surface area contributed by atoms with Gasteiger partial charge >= 0.3 is 0 Å². The molecule has 0 spiro atoms. The molecule has 3 heteroatoms. The molecule has 2 aromatic rings. The van der Waals surface area contributed by atoms with Gasteiger partial charge in [0.1, 0.15) is 0 Å². The fraction of sp³-hybridized carbons (Fsp3) is 0.478. The molecule has 140 valence electrons. The van der Waals surface area contributed by atoms with Crippen LogP contribution in [0.5, 0.6) is 0 Å². The third kappa shape index (κ3) is 3.66. The SMILES string of the molecule is CC[C@H](O)[C@@H]1C[C@@H]1CO[Si](c1ccccc1)(c1ccccc1)C(C)(C)C. The fourth-order valence-electron chi connectivity index (χ4n) is 4.23. The van der Waals surface area contributed by atoms with E-state index in [1.807, 2.05) is 0 Å². The monoisotopic (exact) mass is 368 g/mol. The lowest BCUT2D eigenvalue weighted by Gasteiger charge is -2.43. The van der Waals surface area contributed by atoms with Crippen molar-refractivity contribution in [3.05, 3.63) is 60.7 Å². The molecule has 0 bridgehead atoms. The highest BCUT2D eigenvalue weighted by Gasteiger charge is 2.52. The van der Waals surface area contributed by atoms with E-state index in [0.29, 0.717) is 11.8 Å². The van der Waals surface area contributed by atoms with Crippen molar-refractivity contribution < 1.29 is 9.53 Å². The highest BCUT2D eigenvalue weighted by molar-refractivity contribution is 6.99. The van der Waals surface area contributed by atoms with Gasteiger partial charge in [-0.1, -0.05) is 88.4 Å². The minimum atomic E-state index is -2.43. The summed E-state index contributed by atoms with van der Waals surface area (Å²) in [6.07, 6.45) is 1.75. The van der Waals surface area contributed by atoms with Crippen LogP contribution in [0.15, 0.2) is 60.7 Å². The van der Waals surface area contributed by atoms with Crippen molar-refractivity contribution in [3.63, 3.8) is 0 Å². The molecule has 3 atom stereocenters. The molecular formula is C23H32O2Si. The Labute approximate surface area is 159 Å². The van der Waals surface area contributed by atoms with E-state index in [-0.39, 0.29) is 11.1 Å². The molecule has 0 heterocycles. The molecular weight excluding hydrogens is 336 g/mol. The zero-order valence-electron chi connectivity index (χ0n) is 16.5. The third-order valence-electron chi connectivity index (χ3n) is 5.82. The minimum absolute atomic E-state index is 0.0173. The predicted molar refractivity (Wildman–Crippen MR) is 111 cm³/mol. The van der Waals surface area contributed by atoms with E-state index >= 15 is 0 Å². The Balaban J connectivity index is 1.96. The molecule has 0 aromatic heterocycles. The molecule has 0 radical (unpaired) electrons. The van der Waals surface area contributed by atoms with Crippen LogP contribution in [0.3, 0.4) is 0 Å². The first kappa shape index (κ1) is 19.3. The van der Waals surface area contributed by atoms with Gasteiger partial charge in [-0.3, -0.25) is 0 Å². The van der Waals surface area contributed by atoms with Gasteiger partial charge in [0.05, 0.1) is 6.10 Å². The first-order chi connectivity index (χ1) is 12.4. The zero-order chi connectivity index (χ0) is 18.8. The van der Waals surface area contributed by atoms with Crippen molar-refractivity contribution in [1.82, 2.24) is 0 Å². The van der Waals surface area contributed by atoms with Crippen LogP contribution in [0, 0.1) is 11.8 Å². The number of aliphatic hydroxyl groups is 1. The Bertz CT molecular complexity index is 654. The largest absolute Gasteiger partial charge is 0.407 e. The number of hydrogen-bond acceptors (Lipinski definition) is 2. The standard InChI is InChI=1S/C23H32O2Si/c1-5-22(24)21-16-18(21)17-25-26(23(2,3)4,19-12-8-6-9-13-19)20-14-10-7-11-15-20/h6-15,18,21-22,24H,5,16-17H2,1-4H3/t18-,21-,22+/m1/s1.